The van der Waals surface area contributed by atoms with Crippen molar-refractivity contribution >= 4 is 23.4 Å². The maximum atomic E-state index is 6.41. The monoisotopic (exact) mass is 477 g/mol. The van der Waals surface area contributed by atoms with Crippen LogP contribution in [0.15, 0.2) is 71.1 Å². The molecule has 178 valence electrons. The van der Waals surface area contributed by atoms with Crippen molar-refractivity contribution in [1.82, 2.24) is 4.90 Å². The van der Waals surface area contributed by atoms with E-state index in [1.807, 2.05) is 30.3 Å². The van der Waals surface area contributed by atoms with Gasteiger partial charge in [-0.05, 0) is 68.2 Å². The van der Waals surface area contributed by atoms with E-state index in [4.69, 9.17) is 13.9 Å². The molecular weight excluding hydrogens is 446 g/mol. The largest absolute Gasteiger partial charge is 0.497 e. The van der Waals surface area contributed by atoms with Crippen LogP contribution in [0.1, 0.15) is 24.8 Å². The van der Waals surface area contributed by atoms with Gasteiger partial charge in [0.1, 0.15) is 29.4 Å². The van der Waals surface area contributed by atoms with Gasteiger partial charge >= 0.3 is 0 Å². The number of hydrogen-bond donors (Lipinski definition) is 0. The molecule has 1 saturated heterocycles. The molecule has 0 N–H and O–H groups in total. The van der Waals surface area contributed by atoms with Crippen LogP contribution in [0, 0.1) is 6.92 Å². The normalized spacial score (nSPS) is 14.1. The van der Waals surface area contributed by atoms with Gasteiger partial charge in [-0.3, -0.25) is 4.90 Å². The van der Waals surface area contributed by atoms with Gasteiger partial charge in [-0.15, -0.1) is 12.4 Å². The first-order chi connectivity index (χ1) is 16.2. The van der Waals surface area contributed by atoms with Crippen molar-refractivity contribution in [3.05, 3.63) is 72.3 Å². The van der Waals surface area contributed by atoms with Crippen LogP contribution in [-0.2, 0) is 0 Å². The van der Waals surface area contributed by atoms with Crippen molar-refractivity contribution in [2.45, 2.75) is 26.2 Å². The Hall–Kier alpha value is -2.95. The molecule has 4 aromatic rings. The van der Waals surface area contributed by atoms with Crippen molar-refractivity contribution in [3.8, 4) is 33.9 Å². The predicted molar refractivity (Wildman–Crippen MR) is 141 cm³/mol. The highest BCUT2D eigenvalue weighted by atomic mass is 35.5. The number of piperidine rings is 1. The Morgan fingerprint density at radius 3 is 2.41 bits per heavy atom. The highest BCUT2D eigenvalue weighted by Crippen LogP contribution is 2.43. The molecule has 34 heavy (non-hydrogen) atoms. The standard InChI is InChI=1S/C29H31NO3.ClH/c1-21-11-12-24(32-18-17-30-15-7-4-8-16-30)19-26(21)28-25-14-13-23(31-2)20-27(25)33-29(28)22-9-5-3-6-10-22;/h3,5-6,9-14,19-20H,4,7-8,15-18H2,1-2H3;1H. The second-order valence-electron chi connectivity index (χ2n) is 8.76. The van der Waals surface area contributed by atoms with Crippen LogP contribution in [0.4, 0.5) is 0 Å². The fraction of sp³-hybridized carbons (Fsp3) is 0.310. The Kier molecular flexibility index (Phi) is 7.81. The molecule has 0 atom stereocenters. The van der Waals surface area contributed by atoms with Crippen molar-refractivity contribution in [1.29, 1.82) is 0 Å². The minimum absolute atomic E-state index is 0. The first kappa shape index (κ1) is 24.2. The zero-order chi connectivity index (χ0) is 22.6. The summed E-state index contributed by atoms with van der Waals surface area (Å²) in [4.78, 5) is 2.50. The molecule has 2 heterocycles. The van der Waals surface area contributed by atoms with E-state index in [1.165, 1.54) is 37.9 Å². The van der Waals surface area contributed by atoms with Crippen molar-refractivity contribution < 1.29 is 13.9 Å². The molecule has 1 aliphatic heterocycles. The lowest BCUT2D eigenvalue weighted by Crippen LogP contribution is -2.33. The summed E-state index contributed by atoms with van der Waals surface area (Å²) in [5, 5.41) is 1.07. The van der Waals surface area contributed by atoms with Gasteiger partial charge in [0.25, 0.3) is 0 Å². The topological polar surface area (TPSA) is 34.8 Å². The van der Waals surface area contributed by atoms with E-state index in [-0.39, 0.29) is 12.4 Å². The summed E-state index contributed by atoms with van der Waals surface area (Å²) in [6.45, 7) is 6.20. The smallest absolute Gasteiger partial charge is 0.143 e. The zero-order valence-corrected chi connectivity index (χ0v) is 20.7. The summed E-state index contributed by atoms with van der Waals surface area (Å²) in [6.07, 6.45) is 3.96. The number of methoxy groups -OCH3 is 1. The third kappa shape index (κ3) is 5.08. The summed E-state index contributed by atoms with van der Waals surface area (Å²) in [5.41, 5.74) is 5.29. The number of fused-ring (bicyclic) bond motifs is 1. The molecular formula is C29H32ClNO3. The summed E-state index contributed by atoms with van der Waals surface area (Å²) in [6, 6.07) is 22.7. The van der Waals surface area contributed by atoms with Crippen LogP contribution in [0.2, 0.25) is 0 Å². The van der Waals surface area contributed by atoms with Gasteiger partial charge in [0.15, 0.2) is 0 Å². The number of furan rings is 1. The molecule has 3 aromatic carbocycles. The SMILES string of the molecule is COc1ccc2c(-c3cc(OCCN4CCCCC4)ccc3C)c(-c3ccccc3)oc2c1.Cl. The minimum atomic E-state index is 0. The molecule has 1 fully saturated rings. The lowest BCUT2D eigenvalue weighted by molar-refractivity contribution is 0.183. The number of aryl methyl sites for hydroxylation is 1. The van der Waals surface area contributed by atoms with Crippen molar-refractivity contribution in [2.24, 2.45) is 0 Å². The summed E-state index contributed by atoms with van der Waals surface area (Å²) >= 11 is 0. The minimum Gasteiger partial charge on any atom is -0.497 e. The maximum Gasteiger partial charge on any atom is 0.143 e. The number of nitrogens with zero attached hydrogens (tertiary/aromatic N) is 1. The van der Waals surface area contributed by atoms with Gasteiger partial charge in [-0.25, -0.2) is 0 Å². The zero-order valence-electron chi connectivity index (χ0n) is 19.9. The summed E-state index contributed by atoms with van der Waals surface area (Å²) in [5.74, 6) is 2.55. The van der Waals surface area contributed by atoms with Gasteiger partial charge in [0.2, 0.25) is 0 Å². The molecule has 5 rings (SSSR count). The van der Waals surface area contributed by atoms with Crippen LogP contribution in [0.5, 0.6) is 11.5 Å². The lowest BCUT2D eigenvalue weighted by Gasteiger charge is -2.26. The van der Waals surface area contributed by atoms with E-state index in [0.29, 0.717) is 6.61 Å². The number of ether oxygens (including phenoxy) is 2. The van der Waals surface area contributed by atoms with E-state index < -0.39 is 0 Å². The van der Waals surface area contributed by atoms with E-state index in [9.17, 15) is 0 Å². The number of rotatable bonds is 7. The number of benzene rings is 3. The summed E-state index contributed by atoms with van der Waals surface area (Å²) in [7, 11) is 1.68. The van der Waals surface area contributed by atoms with E-state index in [1.54, 1.807) is 7.11 Å². The Labute approximate surface area is 207 Å². The number of likely N-dealkylation sites (tertiary alicyclic amines) is 1. The van der Waals surface area contributed by atoms with E-state index >= 15 is 0 Å². The van der Waals surface area contributed by atoms with Crippen LogP contribution in [-0.4, -0.2) is 38.3 Å². The highest BCUT2D eigenvalue weighted by Gasteiger charge is 2.20. The van der Waals surface area contributed by atoms with Gasteiger partial charge in [-0.1, -0.05) is 42.8 Å². The van der Waals surface area contributed by atoms with E-state index in [2.05, 4.69) is 48.2 Å². The Morgan fingerprint density at radius 1 is 0.882 bits per heavy atom. The molecule has 4 nitrogen and oxygen atoms in total. The molecule has 0 saturated carbocycles. The van der Waals surface area contributed by atoms with Gasteiger partial charge < -0.3 is 13.9 Å². The lowest BCUT2D eigenvalue weighted by atomic mass is 9.95. The molecule has 1 aromatic heterocycles. The second-order valence-corrected chi connectivity index (χ2v) is 8.76. The van der Waals surface area contributed by atoms with Crippen molar-refractivity contribution in [3.63, 3.8) is 0 Å². The highest BCUT2D eigenvalue weighted by molar-refractivity contribution is 6.03. The average Bonchev–Trinajstić information content (AvgIpc) is 3.25. The number of halogens is 1. The van der Waals surface area contributed by atoms with Gasteiger partial charge in [0.05, 0.1) is 7.11 Å². The first-order valence-electron chi connectivity index (χ1n) is 11.8. The molecule has 0 unspecified atom stereocenters. The van der Waals surface area contributed by atoms with Crippen LogP contribution < -0.4 is 9.47 Å². The van der Waals surface area contributed by atoms with E-state index in [0.717, 1.165) is 51.5 Å². The molecule has 1 aliphatic rings. The van der Waals surface area contributed by atoms with Gasteiger partial charge in [0, 0.05) is 29.1 Å². The Bertz CT molecular complexity index is 1230. The third-order valence-electron chi connectivity index (χ3n) is 6.54. The second kappa shape index (κ2) is 11.0. The van der Waals surface area contributed by atoms with Crippen molar-refractivity contribution in [2.75, 3.05) is 33.4 Å². The molecule has 0 aliphatic carbocycles. The molecule has 0 spiro atoms. The fourth-order valence-electron chi connectivity index (χ4n) is 4.70. The Morgan fingerprint density at radius 2 is 1.65 bits per heavy atom. The maximum absolute atomic E-state index is 6.41. The fourth-order valence-corrected chi connectivity index (χ4v) is 4.70. The third-order valence-corrected chi connectivity index (χ3v) is 6.54. The summed E-state index contributed by atoms with van der Waals surface area (Å²) < 4.78 is 18.1. The quantitative estimate of drug-likeness (QED) is 0.278. The first-order valence-corrected chi connectivity index (χ1v) is 11.8. The molecule has 0 radical (unpaired) electrons. The van der Waals surface area contributed by atoms with Crippen LogP contribution >= 0.6 is 12.4 Å². The van der Waals surface area contributed by atoms with Gasteiger partial charge in [-0.2, -0.15) is 0 Å². The average molecular weight is 478 g/mol. The number of hydrogen-bond acceptors (Lipinski definition) is 4. The molecule has 5 heteroatoms. The molecule has 0 bridgehead atoms. The predicted octanol–water partition coefficient (Wildman–Crippen LogP) is 7.37. The Balaban J connectivity index is 0.00000274. The molecule has 0 amide bonds. The van der Waals surface area contributed by atoms with Crippen LogP contribution in [0.3, 0.4) is 0 Å². The van der Waals surface area contributed by atoms with Crippen LogP contribution in [0.25, 0.3) is 33.4 Å².